The highest BCUT2D eigenvalue weighted by atomic mass is 16.6. The zero-order chi connectivity index (χ0) is 19.0. The van der Waals surface area contributed by atoms with Gasteiger partial charge in [0.2, 0.25) is 5.88 Å². The number of hydrogen-bond acceptors (Lipinski definition) is 5. The molecule has 3 aliphatic rings. The average molecular weight is 373 g/mol. The van der Waals surface area contributed by atoms with E-state index in [1.54, 1.807) is 4.90 Å². The molecule has 0 aromatic carbocycles. The number of carbonyl (C=O) groups is 1. The first-order valence-corrected chi connectivity index (χ1v) is 10.2. The first kappa shape index (κ1) is 18.5. The van der Waals surface area contributed by atoms with Crippen LogP contribution in [0.3, 0.4) is 0 Å². The van der Waals surface area contributed by atoms with Gasteiger partial charge in [-0.2, -0.15) is 0 Å². The molecule has 6 nitrogen and oxygen atoms in total. The van der Waals surface area contributed by atoms with Crippen molar-refractivity contribution < 1.29 is 14.3 Å². The Hall–Kier alpha value is -1.82. The van der Waals surface area contributed by atoms with Gasteiger partial charge >= 0.3 is 6.09 Å². The van der Waals surface area contributed by atoms with E-state index in [9.17, 15) is 4.79 Å². The van der Waals surface area contributed by atoms with Crippen molar-refractivity contribution in [3.63, 3.8) is 0 Å². The topological polar surface area (TPSA) is 54.9 Å². The molecule has 1 aliphatic carbocycles. The number of aromatic nitrogens is 1. The summed E-state index contributed by atoms with van der Waals surface area (Å²) in [6.45, 7) is 9.03. The van der Waals surface area contributed by atoms with E-state index in [1.165, 1.54) is 19.3 Å². The van der Waals surface area contributed by atoms with Gasteiger partial charge in [0.1, 0.15) is 11.7 Å². The third kappa shape index (κ3) is 4.37. The number of rotatable bonds is 3. The Bertz CT molecular complexity index is 696. The normalized spacial score (nSPS) is 23.7. The van der Waals surface area contributed by atoms with Crippen molar-refractivity contribution in [2.75, 3.05) is 19.6 Å². The number of pyridine rings is 1. The van der Waals surface area contributed by atoms with Crippen LogP contribution < -0.4 is 4.74 Å². The Morgan fingerprint density at radius 3 is 2.70 bits per heavy atom. The first-order chi connectivity index (χ1) is 12.9. The summed E-state index contributed by atoms with van der Waals surface area (Å²) >= 11 is 0. The summed E-state index contributed by atoms with van der Waals surface area (Å²) in [4.78, 5) is 21.3. The maximum atomic E-state index is 12.3. The van der Waals surface area contributed by atoms with Gasteiger partial charge in [-0.15, -0.1) is 0 Å². The van der Waals surface area contributed by atoms with Crippen LogP contribution in [0.1, 0.15) is 57.7 Å². The lowest BCUT2D eigenvalue weighted by Gasteiger charge is -2.34. The molecule has 2 fully saturated rings. The van der Waals surface area contributed by atoms with E-state index in [0.29, 0.717) is 13.1 Å². The number of amides is 1. The van der Waals surface area contributed by atoms with Crippen LogP contribution in [0.15, 0.2) is 12.1 Å². The van der Waals surface area contributed by atoms with E-state index < -0.39 is 5.60 Å². The molecule has 0 N–H and O–H groups in total. The van der Waals surface area contributed by atoms with E-state index in [4.69, 9.17) is 14.5 Å². The van der Waals surface area contributed by atoms with Crippen molar-refractivity contribution in [2.24, 2.45) is 0 Å². The van der Waals surface area contributed by atoms with Crippen molar-refractivity contribution in [3.8, 4) is 5.88 Å². The van der Waals surface area contributed by atoms with Gasteiger partial charge in [0.05, 0.1) is 12.2 Å². The molecule has 148 valence electrons. The number of likely N-dealkylation sites (tertiary alicyclic amines) is 1. The lowest BCUT2D eigenvalue weighted by atomic mass is 9.92. The van der Waals surface area contributed by atoms with Gasteiger partial charge in [-0.1, -0.05) is 12.5 Å². The van der Waals surface area contributed by atoms with Crippen LogP contribution >= 0.6 is 0 Å². The first-order valence-electron chi connectivity index (χ1n) is 10.2. The fourth-order valence-electron chi connectivity index (χ4n) is 4.05. The molecule has 1 amide bonds. The van der Waals surface area contributed by atoms with Gasteiger partial charge in [-0.25, -0.2) is 9.78 Å². The van der Waals surface area contributed by atoms with Crippen molar-refractivity contribution in [2.45, 2.75) is 77.2 Å². The minimum absolute atomic E-state index is 0.248. The summed E-state index contributed by atoms with van der Waals surface area (Å²) < 4.78 is 11.7. The van der Waals surface area contributed by atoms with Crippen molar-refractivity contribution >= 4 is 6.09 Å². The van der Waals surface area contributed by atoms with Crippen LogP contribution in [-0.2, 0) is 17.7 Å². The van der Waals surface area contributed by atoms with Gasteiger partial charge in [0.25, 0.3) is 0 Å². The molecule has 27 heavy (non-hydrogen) atoms. The zero-order valence-corrected chi connectivity index (χ0v) is 16.7. The Balaban J connectivity index is 1.34. The van der Waals surface area contributed by atoms with Crippen LogP contribution in [-0.4, -0.2) is 58.3 Å². The maximum Gasteiger partial charge on any atom is 0.410 e. The second-order valence-electron chi connectivity index (χ2n) is 9.02. The summed E-state index contributed by atoms with van der Waals surface area (Å²) in [6.07, 6.45) is 5.88. The Labute approximate surface area is 161 Å². The molecule has 0 unspecified atom stereocenters. The molecular weight excluding hydrogens is 342 g/mol. The lowest BCUT2D eigenvalue weighted by molar-refractivity contribution is 0.0222. The number of nitrogens with zero attached hydrogens (tertiary/aromatic N) is 3. The molecular formula is C21H31N3O3. The number of ether oxygens (including phenoxy) is 2. The highest BCUT2D eigenvalue weighted by Crippen LogP contribution is 2.29. The maximum absolute atomic E-state index is 12.3. The quantitative estimate of drug-likeness (QED) is 0.813. The molecule has 1 saturated carbocycles. The molecule has 0 radical (unpaired) electrons. The molecule has 1 atom stereocenters. The smallest absolute Gasteiger partial charge is 0.410 e. The molecule has 6 heteroatoms. The monoisotopic (exact) mass is 373 g/mol. The molecule has 1 aromatic heterocycles. The van der Waals surface area contributed by atoms with Crippen LogP contribution in [0.5, 0.6) is 5.88 Å². The molecule has 2 aliphatic heterocycles. The molecule has 3 heterocycles. The SMILES string of the molecule is CC(C)(C)OC(=O)N1CCc2nc(O[C@H]3CCN(C4CCC4)C3)ccc2C1. The largest absolute Gasteiger partial charge is 0.473 e. The highest BCUT2D eigenvalue weighted by Gasteiger charge is 2.33. The van der Waals surface area contributed by atoms with E-state index in [0.717, 1.165) is 49.1 Å². The average Bonchev–Trinajstić information content (AvgIpc) is 2.99. The number of carbonyl (C=O) groups excluding carboxylic acids is 1. The summed E-state index contributed by atoms with van der Waals surface area (Å²) in [6, 6.07) is 4.78. The fraction of sp³-hybridized carbons (Fsp3) is 0.714. The predicted octanol–water partition coefficient (Wildman–Crippen LogP) is 3.38. The van der Waals surface area contributed by atoms with E-state index in [1.807, 2.05) is 32.9 Å². The van der Waals surface area contributed by atoms with Crippen LogP contribution in [0.25, 0.3) is 0 Å². The van der Waals surface area contributed by atoms with Crippen molar-refractivity contribution in [3.05, 3.63) is 23.4 Å². The third-order valence-electron chi connectivity index (χ3n) is 5.73. The van der Waals surface area contributed by atoms with Crippen molar-refractivity contribution in [1.29, 1.82) is 0 Å². The zero-order valence-electron chi connectivity index (χ0n) is 16.7. The Morgan fingerprint density at radius 1 is 1.19 bits per heavy atom. The molecule has 4 rings (SSSR count). The standard InChI is InChI=1S/C21H31N3O3/c1-21(2,3)27-20(25)24-12-10-18-15(13-24)7-8-19(22-18)26-17-9-11-23(14-17)16-5-4-6-16/h7-8,16-17H,4-6,9-14H2,1-3H3/t17-/m0/s1. The van der Waals surface area contributed by atoms with E-state index in [-0.39, 0.29) is 12.2 Å². The van der Waals surface area contributed by atoms with E-state index in [2.05, 4.69) is 4.90 Å². The number of hydrogen-bond donors (Lipinski definition) is 0. The van der Waals surface area contributed by atoms with Crippen molar-refractivity contribution in [1.82, 2.24) is 14.8 Å². The lowest BCUT2D eigenvalue weighted by Crippen LogP contribution is -2.40. The van der Waals surface area contributed by atoms with Gasteiger partial charge in [0, 0.05) is 38.2 Å². The fourth-order valence-corrected chi connectivity index (χ4v) is 4.05. The second kappa shape index (κ2) is 7.30. The molecule has 1 saturated heterocycles. The van der Waals surface area contributed by atoms with Crippen LogP contribution in [0, 0.1) is 0 Å². The molecule has 0 spiro atoms. The summed E-state index contributed by atoms with van der Waals surface area (Å²) in [5, 5.41) is 0. The minimum Gasteiger partial charge on any atom is -0.473 e. The Kier molecular flexibility index (Phi) is 5.01. The summed E-state index contributed by atoms with van der Waals surface area (Å²) in [5.74, 6) is 0.722. The Morgan fingerprint density at radius 2 is 2.00 bits per heavy atom. The second-order valence-corrected chi connectivity index (χ2v) is 9.02. The minimum atomic E-state index is -0.470. The van der Waals surface area contributed by atoms with Crippen LogP contribution in [0.4, 0.5) is 4.79 Å². The van der Waals surface area contributed by atoms with E-state index >= 15 is 0 Å². The number of fused-ring (bicyclic) bond motifs is 1. The highest BCUT2D eigenvalue weighted by molar-refractivity contribution is 5.68. The molecule has 0 bridgehead atoms. The summed E-state index contributed by atoms with van der Waals surface area (Å²) in [5.41, 5.74) is 1.66. The third-order valence-corrected chi connectivity index (χ3v) is 5.73. The molecule has 1 aromatic rings. The summed E-state index contributed by atoms with van der Waals surface area (Å²) in [7, 11) is 0. The van der Waals surface area contributed by atoms with Gasteiger partial charge in [0.15, 0.2) is 0 Å². The van der Waals surface area contributed by atoms with Gasteiger partial charge in [-0.05, 0) is 45.6 Å². The predicted molar refractivity (Wildman–Crippen MR) is 103 cm³/mol. The van der Waals surface area contributed by atoms with Crippen LogP contribution in [0.2, 0.25) is 0 Å². The van der Waals surface area contributed by atoms with Gasteiger partial charge < -0.3 is 14.4 Å². The van der Waals surface area contributed by atoms with Gasteiger partial charge in [-0.3, -0.25) is 4.90 Å².